The number of hydrogen-bond donors (Lipinski definition) is 2. The number of halogens is 1. The van der Waals surface area contributed by atoms with Gasteiger partial charge in [-0.1, -0.05) is 29.8 Å². The van der Waals surface area contributed by atoms with Crippen LogP contribution in [0.15, 0.2) is 29.6 Å². The Morgan fingerprint density at radius 1 is 1.52 bits per heavy atom. The summed E-state index contributed by atoms with van der Waals surface area (Å²) in [6.45, 7) is 4.70. The molecule has 122 valence electrons. The number of carbonyl (C=O) groups excluding carboxylic acids is 1. The number of anilines is 1. The van der Waals surface area contributed by atoms with Crippen LogP contribution >= 0.6 is 22.9 Å². The zero-order chi connectivity index (χ0) is 16.2. The van der Waals surface area contributed by atoms with Crippen molar-refractivity contribution in [3.63, 3.8) is 0 Å². The topological polar surface area (TPSA) is 57.3 Å². The molecule has 0 radical (unpaired) electrons. The fourth-order valence-corrected chi connectivity index (χ4v) is 3.71. The summed E-state index contributed by atoms with van der Waals surface area (Å²) in [5.74, 6) is -0.0432. The molecule has 3 rings (SSSR count). The van der Waals surface area contributed by atoms with Crippen LogP contribution in [0.1, 0.15) is 17.3 Å². The van der Waals surface area contributed by atoms with Gasteiger partial charge in [-0.25, -0.2) is 4.98 Å². The average Bonchev–Trinajstić information content (AvgIpc) is 2.93. The molecule has 2 heterocycles. The number of aryl methyl sites for hydroxylation is 1. The highest BCUT2D eigenvalue weighted by atomic mass is 35.5. The molecule has 0 spiro atoms. The van der Waals surface area contributed by atoms with Gasteiger partial charge in [0.15, 0.2) is 5.13 Å². The Morgan fingerprint density at radius 3 is 3.09 bits per heavy atom. The van der Waals surface area contributed by atoms with E-state index < -0.39 is 0 Å². The number of amides is 1. The molecule has 23 heavy (non-hydrogen) atoms. The van der Waals surface area contributed by atoms with Crippen molar-refractivity contribution in [2.45, 2.75) is 13.0 Å². The number of benzene rings is 1. The summed E-state index contributed by atoms with van der Waals surface area (Å²) in [6.07, 6.45) is 0. The predicted molar refractivity (Wildman–Crippen MR) is 94.1 cm³/mol. The molecule has 7 heteroatoms. The number of nitrogens with zero attached hydrogens (tertiary/aromatic N) is 2. The Morgan fingerprint density at radius 2 is 2.35 bits per heavy atom. The van der Waals surface area contributed by atoms with Crippen molar-refractivity contribution in [2.24, 2.45) is 0 Å². The molecule has 1 aromatic carbocycles. The summed E-state index contributed by atoms with van der Waals surface area (Å²) in [4.78, 5) is 18.7. The van der Waals surface area contributed by atoms with Crippen molar-refractivity contribution >= 4 is 34.0 Å². The molecule has 0 bridgehead atoms. The number of hydrogen-bond acceptors (Lipinski definition) is 5. The summed E-state index contributed by atoms with van der Waals surface area (Å²) < 4.78 is 0. The van der Waals surface area contributed by atoms with Gasteiger partial charge in [-0.3, -0.25) is 9.69 Å². The van der Waals surface area contributed by atoms with Gasteiger partial charge in [0.1, 0.15) is 0 Å². The highest BCUT2D eigenvalue weighted by Crippen LogP contribution is 2.28. The molecule has 1 aliphatic rings. The molecule has 1 amide bonds. The first-order valence-electron chi connectivity index (χ1n) is 7.54. The molecule has 0 aliphatic carbocycles. The van der Waals surface area contributed by atoms with Gasteiger partial charge in [-0.15, -0.1) is 11.3 Å². The molecule has 1 aromatic heterocycles. The lowest BCUT2D eigenvalue weighted by Crippen LogP contribution is -2.48. The van der Waals surface area contributed by atoms with E-state index in [2.05, 4.69) is 20.5 Å². The number of carbonyl (C=O) groups is 1. The summed E-state index contributed by atoms with van der Waals surface area (Å²) in [5.41, 5.74) is 1.97. The van der Waals surface area contributed by atoms with Crippen molar-refractivity contribution in [1.82, 2.24) is 15.2 Å². The molecule has 1 fully saturated rings. The number of aromatic nitrogens is 1. The van der Waals surface area contributed by atoms with E-state index in [9.17, 15) is 4.79 Å². The summed E-state index contributed by atoms with van der Waals surface area (Å²) >= 11 is 7.77. The van der Waals surface area contributed by atoms with Crippen molar-refractivity contribution in [1.29, 1.82) is 0 Å². The third kappa shape index (κ3) is 4.09. The van der Waals surface area contributed by atoms with E-state index in [0.29, 0.717) is 11.7 Å². The smallest absolute Gasteiger partial charge is 0.240 e. The van der Waals surface area contributed by atoms with E-state index >= 15 is 0 Å². The Kier molecular flexibility index (Phi) is 5.27. The zero-order valence-electron chi connectivity index (χ0n) is 12.9. The molecular formula is C16H19ClN4OS. The molecule has 0 saturated carbocycles. The van der Waals surface area contributed by atoms with Gasteiger partial charge in [0.05, 0.1) is 12.2 Å². The Bertz CT molecular complexity index is 690. The minimum atomic E-state index is -0.0432. The molecule has 1 unspecified atom stereocenters. The fourth-order valence-electron chi connectivity index (χ4n) is 2.74. The van der Waals surface area contributed by atoms with Gasteiger partial charge in [0.2, 0.25) is 5.91 Å². The van der Waals surface area contributed by atoms with Gasteiger partial charge in [0, 0.05) is 36.1 Å². The maximum atomic E-state index is 12.3. The van der Waals surface area contributed by atoms with Crippen molar-refractivity contribution in [3.05, 3.63) is 45.9 Å². The molecule has 1 saturated heterocycles. The van der Waals surface area contributed by atoms with Gasteiger partial charge in [-0.05, 0) is 18.6 Å². The van der Waals surface area contributed by atoms with E-state index in [4.69, 9.17) is 11.6 Å². The van der Waals surface area contributed by atoms with Crippen molar-refractivity contribution in [3.8, 4) is 0 Å². The van der Waals surface area contributed by atoms with Crippen LogP contribution in [0.3, 0.4) is 0 Å². The van der Waals surface area contributed by atoms with Crippen LogP contribution in [0.2, 0.25) is 5.02 Å². The van der Waals surface area contributed by atoms with Crippen LogP contribution in [-0.2, 0) is 4.79 Å². The second kappa shape index (κ2) is 7.40. The third-order valence-corrected chi connectivity index (χ3v) is 5.05. The van der Waals surface area contributed by atoms with E-state index in [1.54, 1.807) is 0 Å². The van der Waals surface area contributed by atoms with Crippen molar-refractivity contribution < 1.29 is 4.79 Å². The molecule has 1 aliphatic heterocycles. The number of thiazole rings is 1. The predicted octanol–water partition coefficient (Wildman–Crippen LogP) is 2.69. The fraction of sp³-hybridized carbons (Fsp3) is 0.375. The number of piperazine rings is 1. The minimum Gasteiger partial charge on any atom is -0.314 e. The maximum Gasteiger partial charge on any atom is 0.240 e. The standard InChI is InChI=1S/C16H19ClN4OS/c1-11-10-23-16(19-11)20-15(22)9-21-7-6-18-8-14(21)12-4-2-3-5-13(12)17/h2-5,10,14,18H,6-9H2,1H3,(H,19,20,22). The van der Waals surface area contributed by atoms with E-state index in [1.807, 2.05) is 36.6 Å². The van der Waals surface area contributed by atoms with Crippen LogP contribution in [-0.4, -0.2) is 42.0 Å². The third-order valence-electron chi connectivity index (χ3n) is 3.83. The normalized spacial score (nSPS) is 18.8. The first-order chi connectivity index (χ1) is 11.1. The van der Waals surface area contributed by atoms with E-state index in [0.717, 1.165) is 35.9 Å². The first-order valence-corrected chi connectivity index (χ1v) is 8.80. The van der Waals surface area contributed by atoms with E-state index in [1.165, 1.54) is 11.3 Å². The van der Waals surface area contributed by atoms with Crippen LogP contribution in [0.25, 0.3) is 0 Å². The second-order valence-corrected chi connectivity index (χ2v) is 6.82. The van der Waals surface area contributed by atoms with Crippen LogP contribution < -0.4 is 10.6 Å². The van der Waals surface area contributed by atoms with Gasteiger partial charge in [-0.2, -0.15) is 0 Å². The minimum absolute atomic E-state index is 0.0432. The van der Waals surface area contributed by atoms with Crippen LogP contribution in [0, 0.1) is 6.92 Å². The Hall–Kier alpha value is -1.47. The number of nitrogens with one attached hydrogen (secondary N) is 2. The van der Waals surface area contributed by atoms with Gasteiger partial charge in [0.25, 0.3) is 0 Å². The second-order valence-electron chi connectivity index (χ2n) is 5.55. The first kappa shape index (κ1) is 16.4. The lowest BCUT2D eigenvalue weighted by Gasteiger charge is -2.36. The lowest BCUT2D eigenvalue weighted by atomic mass is 10.0. The maximum absolute atomic E-state index is 12.3. The molecule has 1 atom stereocenters. The highest BCUT2D eigenvalue weighted by molar-refractivity contribution is 7.13. The van der Waals surface area contributed by atoms with Crippen LogP contribution in [0.5, 0.6) is 0 Å². The summed E-state index contributed by atoms with van der Waals surface area (Å²) in [5, 5.41) is 9.56. The largest absolute Gasteiger partial charge is 0.314 e. The van der Waals surface area contributed by atoms with Crippen molar-refractivity contribution in [2.75, 3.05) is 31.5 Å². The monoisotopic (exact) mass is 350 g/mol. The van der Waals surface area contributed by atoms with E-state index in [-0.39, 0.29) is 11.9 Å². The molecule has 2 N–H and O–H groups in total. The van der Waals surface area contributed by atoms with Gasteiger partial charge < -0.3 is 10.6 Å². The summed E-state index contributed by atoms with van der Waals surface area (Å²) in [6, 6.07) is 7.91. The highest BCUT2D eigenvalue weighted by Gasteiger charge is 2.27. The molecule has 2 aromatic rings. The van der Waals surface area contributed by atoms with Crippen LogP contribution in [0.4, 0.5) is 5.13 Å². The Balaban J connectivity index is 1.69. The molecule has 5 nitrogen and oxygen atoms in total. The zero-order valence-corrected chi connectivity index (χ0v) is 14.5. The summed E-state index contributed by atoms with van der Waals surface area (Å²) in [7, 11) is 0. The SMILES string of the molecule is Cc1csc(NC(=O)CN2CCNCC2c2ccccc2Cl)n1. The average molecular weight is 351 g/mol. The number of rotatable bonds is 4. The Labute approximate surface area is 144 Å². The molecular weight excluding hydrogens is 332 g/mol. The lowest BCUT2D eigenvalue weighted by molar-refractivity contribution is -0.118. The quantitative estimate of drug-likeness (QED) is 0.890. The van der Waals surface area contributed by atoms with Gasteiger partial charge >= 0.3 is 0 Å².